The molecule has 1 aromatic rings. The molecule has 0 saturated heterocycles. The van der Waals surface area contributed by atoms with E-state index in [4.69, 9.17) is 16.3 Å². The fourth-order valence-electron chi connectivity index (χ4n) is 3.68. The Hall–Kier alpha value is -1.37. The number of hydrogen-bond donors (Lipinski definition) is 1. The number of carbonyl (C=O) groups excluding carboxylic acids is 1. The molecule has 0 heterocycles. The number of Topliss-reactive ketones (excluding diaryl/α,β-unsaturated/α-hetero) is 1. The molecule has 1 N–H and O–H groups in total. The largest absolute Gasteiger partial charge is 0.416 e. The number of unbranched alkanes of at least 4 members (excludes halogenated alkanes) is 1. The standard InChI is InChI=1S/C22H28ClF3O3/c1-15(27)7-4-2-3-5-10-18-19(21(28)12-20(18)23)14-29-13-16-8-6-9-17(11-16)22(24,25)26/h3,5-6,8-9,11,18-21,28H,2,4,7,10,12-14H2,1H3/b5-3-/t18-,19-,20-,21-/m1/s1. The molecule has 162 valence electrons. The van der Waals surface area contributed by atoms with Crippen molar-refractivity contribution in [1.29, 1.82) is 0 Å². The fraction of sp³-hybridized carbons (Fsp3) is 0.591. The van der Waals surface area contributed by atoms with Crippen LogP contribution in [0.25, 0.3) is 0 Å². The molecule has 1 saturated carbocycles. The molecule has 1 aromatic carbocycles. The molecule has 1 fully saturated rings. The molecule has 0 spiro atoms. The van der Waals surface area contributed by atoms with Gasteiger partial charge in [-0.25, -0.2) is 0 Å². The molecule has 7 heteroatoms. The maximum absolute atomic E-state index is 12.8. The molecule has 1 aliphatic carbocycles. The maximum Gasteiger partial charge on any atom is 0.416 e. The van der Waals surface area contributed by atoms with E-state index in [0.29, 0.717) is 24.8 Å². The summed E-state index contributed by atoms with van der Waals surface area (Å²) in [6.45, 7) is 1.86. The molecule has 3 nitrogen and oxygen atoms in total. The third kappa shape index (κ3) is 7.76. The average molecular weight is 433 g/mol. The van der Waals surface area contributed by atoms with Crippen LogP contribution in [0.4, 0.5) is 13.2 Å². The molecule has 0 amide bonds. The Morgan fingerprint density at radius 2 is 2.07 bits per heavy atom. The van der Waals surface area contributed by atoms with Crippen LogP contribution in [0, 0.1) is 11.8 Å². The average Bonchev–Trinajstić information content (AvgIpc) is 2.90. The van der Waals surface area contributed by atoms with Gasteiger partial charge in [-0.05, 0) is 56.2 Å². The number of benzene rings is 1. The van der Waals surface area contributed by atoms with Crippen LogP contribution in [-0.4, -0.2) is 29.0 Å². The first-order valence-corrected chi connectivity index (χ1v) is 10.3. The number of halogens is 4. The van der Waals surface area contributed by atoms with E-state index in [1.54, 1.807) is 13.0 Å². The molecule has 2 rings (SSSR count). The van der Waals surface area contributed by atoms with Crippen molar-refractivity contribution >= 4 is 17.4 Å². The molecule has 29 heavy (non-hydrogen) atoms. The summed E-state index contributed by atoms with van der Waals surface area (Å²) in [7, 11) is 0. The van der Waals surface area contributed by atoms with Crippen molar-refractivity contribution in [3.63, 3.8) is 0 Å². The number of alkyl halides is 4. The van der Waals surface area contributed by atoms with Crippen molar-refractivity contribution in [2.24, 2.45) is 11.8 Å². The smallest absolute Gasteiger partial charge is 0.393 e. The summed E-state index contributed by atoms with van der Waals surface area (Å²) >= 11 is 6.40. The van der Waals surface area contributed by atoms with E-state index in [-0.39, 0.29) is 36.2 Å². The van der Waals surface area contributed by atoms with Gasteiger partial charge in [0.25, 0.3) is 0 Å². The van der Waals surface area contributed by atoms with Gasteiger partial charge in [0.15, 0.2) is 0 Å². The number of hydrogen-bond acceptors (Lipinski definition) is 3. The molecule has 0 unspecified atom stereocenters. The molecule has 0 radical (unpaired) electrons. The first-order chi connectivity index (χ1) is 13.7. The molecular formula is C22H28ClF3O3. The van der Waals surface area contributed by atoms with Gasteiger partial charge in [-0.1, -0.05) is 24.3 Å². The number of aliphatic hydroxyl groups excluding tert-OH is 1. The zero-order valence-electron chi connectivity index (χ0n) is 16.5. The highest BCUT2D eigenvalue weighted by atomic mass is 35.5. The Morgan fingerprint density at radius 3 is 2.76 bits per heavy atom. The third-order valence-corrected chi connectivity index (χ3v) is 5.79. The van der Waals surface area contributed by atoms with E-state index in [0.717, 1.165) is 25.0 Å². The van der Waals surface area contributed by atoms with Gasteiger partial charge in [0.05, 0.1) is 24.9 Å². The Bertz CT molecular complexity index is 690. The van der Waals surface area contributed by atoms with Gasteiger partial charge in [-0.15, -0.1) is 11.6 Å². The van der Waals surface area contributed by atoms with Crippen molar-refractivity contribution in [2.75, 3.05) is 6.61 Å². The summed E-state index contributed by atoms with van der Waals surface area (Å²) in [5, 5.41) is 10.1. The topological polar surface area (TPSA) is 46.5 Å². The number of ketones is 1. The second-order valence-corrected chi connectivity index (χ2v) is 8.22. The maximum atomic E-state index is 12.8. The van der Waals surface area contributed by atoms with Crippen LogP contribution in [0.5, 0.6) is 0 Å². The Kier molecular flexibility index (Phi) is 9.18. The molecule has 4 atom stereocenters. The predicted molar refractivity (Wildman–Crippen MR) is 107 cm³/mol. The Morgan fingerprint density at radius 1 is 1.31 bits per heavy atom. The van der Waals surface area contributed by atoms with Crippen molar-refractivity contribution in [3.8, 4) is 0 Å². The number of rotatable bonds is 10. The highest BCUT2D eigenvalue weighted by Gasteiger charge is 2.40. The molecular weight excluding hydrogens is 405 g/mol. The lowest BCUT2D eigenvalue weighted by Crippen LogP contribution is -2.25. The van der Waals surface area contributed by atoms with Crippen LogP contribution >= 0.6 is 11.6 Å². The summed E-state index contributed by atoms with van der Waals surface area (Å²) in [5.41, 5.74) is -0.259. The zero-order chi connectivity index (χ0) is 21.4. The van der Waals surface area contributed by atoms with E-state index in [2.05, 4.69) is 0 Å². The van der Waals surface area contributed by atoms with Crippen LogP contribution < -0.4 is 0 Å². The van der Waals surface area contributed by atoms with Crippen LogP contribution in [0.3, 0.4) is 0 Å². The van der Waals surface area contributed by atoms with Gasteiger partial charge in [0.2, 0.25) is 0 Å². The van der Waals surface area contributed by atoms with Gasteiger partial charge in [0, 0.05) is 17.7 Å². The molecule has 0 bridgehead atoms. The van der Waals surface area contributed by atoms with Gasteiger partial charge in [0.1, 0.15) is 5.78 Å². The fourth-order valence-corrected chi connectivity index (χ4v) is 4.15. The normalized spacial score (nSPS) is 25.0. The zero-order valence-corrected chi connectivity index (χ0v) is 17.3. The molecule has 0 aromatic heterocycles. The summed E-state index contributed by atoms with van der Waals surface area (Å²) in [6.07, 6.45) is 2.45. The predicted octanol–water partition coefficient (Wildman–Crippen LogP) is 5.53. The minimum Gasteiger partial charge on any atom is -0.393 e. The lowest BCUT2D eigenvalue weighted by atomic mass is 9.92. The van der Waals surface area contributed by atoms with Crippen LogP contribution in [0.2, 0.25) is 0 Å². The van der Waals surface area contributed by atoms with Crippen molar-refractivity contribution in [3.05, 3.63) is 47.5 Å². The first-order valence-electron chi connectivity index (χ1n) is 9.89. The summed E-state index contributed by atoms with van der Waals surface area (Å²) in [6, 6.07) is 5.06. The lowest BCUT2D eigenvalue weighted by molar-refractivity contribution is -0.137. The SMILES string of the molecule is CC(=O)CCC/C=C\C[C@@H]1[C@@H](COCc2cccc(C(F)(F)F)c2)[C@H](O)C[C@H]1Cl. The monoisotopic (exact) mass is 432 g/mol. The van der Waals surface area contributed by atoms with Crippen LogP contribution in [-0.2, 0) is 22.3 Å². The summed E-state index contributed by atoms with van der Waals surface area (Å²) in [5.74, 6) is 0.0542. The van der Waals surface area contributed by atoms with E-state index < -0.39 is 17.8 Å². The van der Waals surface area contributed by atoms with E-state index >= 15 is 0 Å². The quantitative estimate of drug-likeness (QED) is 0.300. The van der Waals surface area contributed by atoms with Crippen LogP contribution in [0.1, 0.15) is 50.2 Å². The van der Waals surface area contributed by atoms with Crippen LogP contribution in [0.15, 0.2) is 36.4 Å². The molecule has 0 aliphatic heterocycles. The van der Waals surface area contributed by atoms with E-state index in [9.17, 15) is 23.1 Å². The first kappa shape index (κ1) is 23.9. The Labute approximate surface area is 174 Å². The number of ether oxygens (including phenoxy) is 1. The highest BCUT2D eigenvalue weighted by Crippen LogP contribution is 2.39. The van der Waals surface area contributed by atoms with Crippen molar-refractivity contribution < 1.29 is 27.8 Å². The summed E-state index contributed by atoms with van der Waals surface area (Å²) in [4.78, 5) is 10.9. The molecule has 1 aliphatic rings. The van der Waals surface area contributed by atoms with Gasteiger partial charge in [-0.2, -0.15) is 13.2 Å². The van der Waals surface area contributed by atoms with Gasteiger partial charge >= 0.3 is 6.18 Å². The minimum atomic E-state index is -4.38. The van der Waals surface area contributed by atoms with E-state index in [1.807, 2.05) is 12.2 Å². The number of carbonyl (C=O) groups is 1. The lowest BCUT2D eigenvalue weighted by Gasteiger charge is -2.22. The highest BCUT2D eigenvalue weighted by molar-refractivity contribution is 6.21. The minimum absolute atomic E-state index is 0.0391. The van der Waals surface area contributed by atoms with Gasteiger partial charge < -0.3 is 14.6 Å². The number of aliphatic hydroxyl groups is 1. The second-order valence-electron chi connectivity index (χ2n) is 7.66. The third-order valence-electron chi connectivity index (χ3n) is 5.28. The Balaban J connectivity index is 1.84. The van der Waals surface area contributed by atoms with E-state index in [1.165, 1.54) is 6.07 Å². The number of allylic oxidation sites excluding steroid dienone is 2. The van der Waals surface area contributed by atoms with Crippen molar-refractivity contribution in [2.45, 2.75) is 63.3 Å². The summed E-state index contributed by atoms with van der Waals surface area (Å²) < 4.78 is 44.1. The van der Waals surface area contributed by atoms with Crippen molar-refractivity contribution in [1.82, 2.24) is 0 Å². The second kappa shape index (κ2) is 11.1. The van der Waals surface area contributed by atoms with Gasteiger partial charge in [-0.3, -0.25) is 0 Å².